The van der Waals surface area contributed by atoms with Crippen LogP contribution in [0.25, 0.3) is 22.2 Å². The molecule has 2 aromatic carbocycles. The molecule has 2 fully saturated rings. The molecule has 2 aliphatic rings. The molecular weight excluding hydrogens is 425 g/mol. The number of amides is 2. The Balaban J connectivity index is 1.30. The molecule has 0 atom stereocenters. The summed E-state index contributed by atoms with van der Waals surface area (Å²) in [5.74, 6) is -0.555. The van der Waals surface area contributed by atoms with E-state index in [1.165, 1.54) is 12.1 Å². The number of fused-ring (bicyclic) bond motifs is 1. The van der Waals surface area contributed by atoms with Gasteiger partial charge in [0.25, 0.3) is 11.8 Å². The van der Waals surface area contributed by atoms with Crippen LogP contribution in [0.4, 0.5) is 4.39 Å². The number of nitrogens with zero attached hydrogens (tertiary/aromatic N) is 3. The fourth-order valence-corrected chi connectivity index (χ4v) is 4.15. The van der Waals surface area contributed by atoms with Crippen molar-refractivity contribution in [2.45, 2.75) is 18.4 Å². The van der Waals surface area contributed by atoms with Crippen molar-refractivity contribution in [2.24, 2.45) is 0 Å². The minimum Gasteiger partial charge on any atom is -0.497 e. The summed E-state index contributed by atoms with van der Waals surface area (Å²) < 4.78 is 20.2. The predicted octanol–water partition coefficient (Wildman–Crippen LogP) is 2.86. The van der Waals surface area contributed by atoms with Crippen LogP contribution in [0.2, 0.25) is 0 Å². The van der Waals surface area contributed by atoms with Gasteiger partial charge in [0.2, 0.25) is 0 Å². The SMILES string of the molecule is COc1ccc2nc(-c3ccc(C(=O)N4CCN(C(=O)C5(O)CC5)CC4)c(F)c3)ccc2c1. The first-order chi connectivity index (χ1) is 15.9. The van der Waals surface area contributed by atoms with E-state index in [4.69, 9.17) is 4.74 Å². The number of piperazine rings is 1. The minimum absolute atomic E-state index is 0.00938. The fraction of sp³-hybridized carbons (Fsp3) is 0.320. The van der Waals surface area contributed by atoms with Gasteiger partial charge in [-0.1, -0.05) is 12.1 Å². The molecule has 33 heavy (non-hydrogen) atoms. The van der Waals surface area contributed by atoms with Crippen molar-refractivity contribution >= 4 is 22.7 Å². The molecule has 1 saturated heterocycles. The number of halogens is 1. The number of aliphatic hydroxyl groups is 1. The van der Waals surface area contributed by atoms with Gasteiger partial charge in [-0.05, 0) is 49.2 Å². The number of benzene rings is 2. The van der Waals surface area contributed by atoms with Crippen molar-refractivity contribution in [3.8, 4) is 17.0 Å². The van der Waals surface area contributed by atoms with Gasteiger partial charge in [0.05, 0.1) is 23.9 Å². The van der Waals surface area contributed by atoms with E-state index in [-0.39, 0.29) is 11.5 Å². The summed E-state index contributed by atoms with van der Waals surface area (Å²) in [7, 11) is 1.60. The third kappa shape index (κ3) is 4.02. The highest BCUT2D eigenvalue weighted by Gasteiger charge is 2.50. The number of carbonyl (C=O) groups is 2. The zero-order valence-electron chi connectivity index (χ0n) is 18.3. The average molecular weight is 449 g/mol. The Morgan fingerprint density at radius 3 is 2.39 bits per heavy atom. The molecule has 1 aliphatic carbocycles. The molecule has 0 unspecified atom stereocenters. The van der Waals surface area contributed by atoms with Crippen molar-refractivity contribution in [1.82, 2.24) is 14.8 Å². The Morgan fingerprint density at radius 2 is 1.73 bits per heavy atom. The van der Waals surface area contributed by atoms with Crippen molar-refractivity contribution in [1.29, 1.82) is 0 Å². The predicted molar refractivity (Wildman–Crippen MR) is 120 cm³/mol. The van der Waals surface area contributed by atoms with Crippen LogP contribution in [0, 0.1) is 5.82 Å². The number of ether oxygens (including phenoxy) is 1. The lowest BCUT2D eigenvalue weighted by molar-refractivity contribution is -0.143. The normalized spacial score (nSPS) is 17.2. The van der Waals surface area contributed by atoms with Crippen LogP contribution in [0.3, 0.4) is 0 Å². The van der Waals surface area contributed by atoms with E-state index in [1.807, 2.05) is 30.3 Å². The van der Waals surface area contributed by atoms with Crippen molar-refractivity contribution in [3.05, 3.63) is 59.9 Å². The smallest absolute Gasteiger partial charge is 0.256 e. The highest BCUT2D eigenvalue weighted by Crippen LogP contribution is 2.37. The number of rotatable bonds is 4. The van der Waals surface area contributed by atoms with Crippen LogP contribution in [-0.2, 0) is 4.79 Å². The molecule has 5 rings (SSSR count). The Bertz CT molecular complexity index is 1250. The summed E-state index contributed by atoms with van der Waals surface area (Å²) in [6, 6.07) is 13.8. The van der Waals surface area contributed by atoms with E-state index in [1.54, 1.807) is 23.0 Å². The van der Waals surface area contributed by atoms with Gasteiger partial charge in [-0.25, -0.2) is 9.37 Å². The lowest BCUT2D eigenvalue weighted by Crippen LogP contribution is -2.53. The maximum Gasteiger partial charge on any atom is 0.256 e. The Kier molecular flexibility index (Phi) is 5.25. The molecule has 8 heteroatoms. The molecular formula is C25H24FN3O4. The highest BCUT2D eigenvalue weighted by molar-refractivity contribution is 5.95. The number of carbonyl (C=O) groups excluding carboxylic acids is 2. The van der Waals surface area contributed by atoms with E-state index in [0.29, 0.717) is 50.3 Å². The first-order valence-corrected chi connectivity index (χ1v) is 10.9. The second-order valence-corrected chi connectivity index (χ2v) is 8.57. The van der Waals surface area contributed by atoms with Crippen LogP contribution >= 0.6 is 0 Å². The van der Waals surface area contributed by atoms with E-state index >= 15 is 0 Å². The van der Waals surface area contributed by atoms with Gasteiger partial charge in [0.1, 0.15) is 17.2 Å². The molecule has 7 nitrogen and oxygen atoms in total. The second kappa shape index (κ2) is 8.12. The van der Waals surface area contributed by atoms with Crippen LogP contribution in [0.5, 0.6) is 5.75 Å². The maximum absolute atomic E-state index is 14.9. The number of methoxy groups -OCH3 is 1. The molecule has 1 aromatic heterocycles. The summed E-state index contributed by atoms with van der Waals surface area (Å²) in [6.45, 7) is 1.27. The zero-order chi connectivity index (χ0) is 23.2. The molecule has 0 spiro atoms. The third-order valence-electron chi connectivity index (χ3n) is 6.37. The molecule has 2 heterocycles. The lowest BCUT2D eigenvalue weighted by Gasteiger charge is -2.35. The number of aromatic nitrogens is 1. The fourth-order valence-electron chi connectivity index (χ4n) is 4.15. The minimum atomic E-state index is -1.21. The summed E-state index contributed by atoms with van der Waals surface area (Å²) in [5.41, 5.74) is 0.726. The van der Waals surface area contributed by atoms with Gasteiger partial charge in [-0.2, -0.15) is 0 Å². The molecule has 3 aromatic rings. The quantitative estimate of drug-likeness (QED) is 0.662. The Morgan fingerprint density at radius 1 is 1.00 bits per heavy atom. The van der Waals surface area contributed by atoms with Crippen molar-refractivity contribution in [2.75, 3.05) is 33.3 Å². The second-order valence-electron chi connectivity index (χ2n) is 8.57. The monoisotopic (exact) mass is 449 g/mol. The van der Waals surface area contributed by atoms with Crippen LogP contribution in [-0.4, -0.2) is 70.6 Å². The molecule has 170 valence electrons. The lowest BCUT2D eigenvalue weighted by atomic mass is 10.1. The van der Waals surface area contributed by atoms with E-state index in [0.717, 1.165) is 16.7 Å². The van der Waals surface area contributed by atoms with Crippen LogP contribution in [0.15, 0.2) is 48.5 Å². The maximum atomic E-state index is 14.9. The van der Waals surface area contributed by atoms with Gasteiger partial charge in [-0.3, -0.25) is 9.59 Å². The van der Waals surface area contributed by atoms with E-state index < -0.39 is 17.3 Å². The molecule has 0 radical (unpaired) electrons. The Hall–Kier alpha value is -3.52. The Labute approximate surface area is 190 Å². The summed E-state index contributed by atoms with van der Waals surface area (Å²) in [5, 5.41) is 10.9. The molecule has 1 aliphatic heterocycles. The molecule has 1 saturated carbocycles. The summed E-state index contributed by atoms with van der Waals surface area (Å²) in [6.07, 6.45) is 0.978. The van der Waals surface area contributed by atoms with Gasteiger partial charge >= 0.3 is 0 Å². The van der Waals surface area contributed by atoms with Gasteiger partial charge in [-0.15, -0.1) is 0 Å². The number of hydrogen-bond donors (Lipinski definition) is 1. The van der Waals surface area contributed by atoms with Crippen molar-refractivity contribution < 1.29 is 23.8 Å². The topological polar surface area (TPSA) is 83.0 Å². The summed E-state index contributed by atoms with van der Waals surface area (Å²) in [4.78, 5) is 32.9. The molecule has 1 N–H and O–H groups in total. The standard InChI is InChI=1S/C25H24FN3O4/c1-33-18-4-7-22-16(14-18)3-6-21(27-22)17-2-5-19(20(26)15-17)23(30)28-10-12-29(13-11-28)24(31)25(32)8-9-25/h2-7,14-15,32H,8-13H2,1H3. The van der Waals surface area contributed by atoms with Crippen LogP contribution < -0.4 is 4.74 Å². The van der Waals surface area contributed by atoms with Crippen LogP contribution in [0.1, 0.15) is 23.2 Å². The third-order valence-corrected chi connectivity index (χ3v) is 6.37. The molecule has 2 amide bonds. The van der Waals surface area contributed by atoms with Crippen molar-refractivity contribution in [3.63, 3.8) is 0 Å². The number of pyridine rings is 1. The molecule has 0 bridgehead atoms. The van der Waals surface area contributed by atoms with E-state index in [2.05, 4.69) is 4.98 Å². The van der Waals surface area contributed by atoms with Gasteiger partial charge in [0, 0.05) is 37.1 Å². The first kappa shape index (κ1) is 21.3. The van der Waals surface area contributed by atoms with Gasteiger partial charge in [0.15, 0.2) is 0 Å². The number of hydrogen-bond acceptors (Lipinski definition) is 5. The van der Waals surface area contributed by atoms with Gasteiger partial charge < -0.3 is 19.6 Å². The first-order valence-electron chi connectivity index (χ1n) is 10.9. The zero-order valence-corrected chi connectivity index (χ0v) is 18.3. The average Bonchev–Trinajstić information content (AvgIpc) is 3.61. The highest BCUT2D eigenvalue weighted by atomic mass is 19.1. The largest absolute Gasteiger partial charge is 0.497 e. The van der Waals surface area contributed by atoms with E-state index in [9.17, 15) is 19.1 Å². The summed E-state index contributed by atoms with van der Waals surface area (Å²) >= 11 is 0.